The molecule has 0 spiro atoms. The van der Waals surface area contributed by atoms with Gasteiger partial charge in [-0.3, -0.25) is 9.10 Å². The van der Waals surface area contributed by atoms with Crippen molar-refractivity contribution in [3.63, 3.8) is 0 Å². The first-order valence-electron chi connectivity index (χ1n) is 12.5. The van der Waals surface area contributed by atoms with Crippen molar-refractivity contribution in [3.8, 4) is 5.75 Å². The molecule has 37 heavy (non-hydrogen) atoms. The van der Waals surface area contributed by atoms with Crippen LogP contribution in [0.1, 0.15) is 66.1 Å². The lowest BCUT2D eigenvalue weighted by atomic mass is 9.93. The molecule has 198 valence electrons. The van der Waals surface area contributed by atoms with Gasteiger partial charge in [-0.15, -0.1) is 0 Å². The number of ether oxygens (including phenoxy) is 1. The van der Waals surface area contributed by atoms with Crippen LogP contribution in [0.4, 0.5) is 5.69 Å². The third-order valence-corrected chi connectivity index (χ3v) is 8.39. The molecule has 0 saturated heterocycles. The molecule has 3 aromatic carbocycles. The average molecular weight is 523 g/mol. The minimum absolute atomic E-state index is 0.146. The number of nitrogens with one attached hydrogen (secondary N) is 1. The topological polar surface area (TPSA) is 75.7 Å². The number of benzene rings is 3. The molecule has 0 unspecified atom stereocenters. The first-order valence-corrected chi connectivity index (χ1v) is 13.9. The molecule has 3 rings (SSSR count). The number of hydrogen-bond donors (Lipinski definition) is 1. The van der Waals surface area contributed by atoms with Crippen molar-refractivity contribution in [3.05, 3.63) is 88.0 Å². The van der Waals surface area contributed by atoms with Gasteiger partial charge in [0.25, 0.3) is 10.0 Å². The molecule has 0 aliphatic rings. The minimum atomic E-state index is -3.98. The van der Waals surface area contributed by atoms with Crippen molar-refractivity contribution in [1.29, 1.82) is 0 Å². The second kappa shape index (κ2) is 11.4. The molecule has 1 atom stereocenters. The van der Waals surface area contributed by atoms with Gasteiger partial charge in [0, 0.05) is 0 Å². The molecule has 0 saturated carbocycles. The number of nitrogens with zero attached hydrogens (tertiary/aromatic N) is 1. The van der Waals surface area contributed by atoms with Crippen LogP contribution < -0.4 is 14.4 Å². The highest BCUT2D eigenvalue weighted by Crippen LogP contribution is 2.32. The van der Waals surface area contributed by atoms with Gasteiger partial charge in [-0.25, -0.2) is 8.42 Å². The number of aryl methyl sites for hydroxylation is 4. The van der Waals surface area contributed by atoms with Gasteiger partial charge >= 0.3 is 0 Å². The fourth-order valence-electron chi connectivity index (χ4n) is 4.43. The summed E-state index contributed by atoms with van der Waals surface area (Å²) in [6, 6.07) is 16.0. The molecule has 3 aromatic rings. The van der Waals surface area contributed by atoms with E-state index in [1.807, 2.05) is 52.8 Å². The molecular formula is C30H38N2O4S. The highest BCUT2D eigenvalue weighted by atomic mass is 32.2. The first-order chi connectivity index (χ1) is 17.3. The van der Waals surface area contributed by atoms with Crippen molar-refractivity contribution in [2.24, 2.45) is 0 Å². The van der Waals surface area contributed by atoms with Crippen LogP contribution in [0.5, 0.6) is 5.75 Å². The Morgan fingerprint density at radius 3 is 2.08 bits per heavy atom. The van der Waals surface area contributed by atoms with Crippen molar-refractivity contribution >= 4 is 21.6 Å². The van der Waals surface area contributed by atoms with Crippen molar-refractivity contribution in [1.82, 2.24) is 5.32 Å². The number of sulfonamides is 1. The lowest BCUT2D eigenvalue weighted by molar-refractivity contribution is -0.120. The predicted molar refractivity (Wildman–Crippen MR) is 150 cm³/mol. The standard InChI is InChI=1S/C30H38N2O4S/c1-19(2)26-17-27(23(6)16-29(26)36-8)24(7)31-30(33)18-32(28-15-21(4)9-12-22(28)5)37(34,35)25-13-10-20(3)11-14-25/h9-17,19,24H,18H2,1-8H3,(H,31,33)/t24-/m1/s1. The monoisotopic (exact) mass is 522 g/mol. The summed E-state index contributed by atoms with van der Waals surface area (Å²) in [5.74, 6) is 0.683. The Bertz CT molecular complexity index is 1380. The second-order valence-corrected chi connectivity index (χ2v) is 11.9. The second-order valence-electron chi connectivity index (χ2n) is 10.0. The van der Waals surface area contributed by atoms with E-state index in [1.54, 1.807) is 37.4 Å². The van der Waals surface area contributed by atoms with Crippen molar-refractivity contribution in [2.75, 3.05) is 18.0 Å². The molecule has 0 aliphatic heterocycles. The fourth-order valence-corrected chi connectivity index (χ4v) is 5.91. The van der Waals surface area contributed by atoms with E-state index >= 15 is 0 Å². The molecular weight excluding hydrogens is 484 g/mol. The smallest absolute Gasteiger partial charge is 0.264 e. The van der Waals surface area contributed by atoms with Gasteiger partial charge in [-0.1, -0.05) is 43.7 Å². The zero-order chi connectivity index (χ0) is 27.5. The van der Waals surface area contributed by atoms with Gasteiger partial charge < -0.3 is 10.1 Å². The van der Waals surface area contributed by atoms with E-state index in [4.69, 9.17) is 4.74 Å². The highest BCUT2D eigenvalue weighted by molar-refractivity contribution is 7.92. The van der Waals surface area contributed by atoms with E-state index in [9.17, 15) is 13.2 Å². The summed E-state index contributed by atoms with van der Waals surface area (Å²) in [6.07, 6.45) is 0. The molecule has 0 aromatic heterocycles. The van der Waals surface area contributed by atoms with Gasteiger partial charge in [0.2, 0.25) is 5.91 Å². The molecule has 0 aliphatic carbocycles. The maximum atomic E-state index is 13.8. The van der Waals surface area contributed by atoms with Gasteiger partial charge in [0.1, 0.15) is 12.3 Å². The van der Waals surface area contributed by atoms with Crippen LogP contribution in [-0.2, 0) is 14.8 Å². The van der Waals surface area contributed by atoms with Crippen LogP contribution in [-0.4, -0.2) is 28.0 Å². The van der Waals surface area contributed by atoms with E-state index in [2.05, 4.69) is 25.2 Å². The number of amides is 1. The average Bonchev–Trinajstić information content (AvgIpc) is 2.83. The highest BCUT2D eigenvalue weighted by Gasteiger charge is 2.29. The zero-order valence-electron chi connectivity index (χ0n) is 23.0. The number of hydrogen-bond acceptors (Lipinski definition) is 4. The summed E-state index contributed by atoms with van der Waals surface area (Å²) in [7, 11) is -2.33. The van der Waals surface area contributed by atoms with Crippen LogP contribution in [0.25, 0.3) is 0 Å². The van der Waals surface area contributed by atoms with E-state index in [1.165, 1.54) is 4.31 Å². The molecule has 1 amide bonds. The van der Waals surface area contributed by atoms with Crippen LogP contribution in [0.15, 0.2) is 59.5 Å². The number of anilines is 1. The van der Waals surface area contributed by atoms with Gasteiger partial charge in [0.15, 0.2) is 0 Å². The lowest BCUT2D eigenvalue weighted by Crippen LogP contribution is -2.42. The normalized spacial score (nSPS) is 12.4. The molecule has 0 radical (unpaired) electrons. The Balaban J connectivity index is 1.96. The summed E-state index contributed by atoms with van der Waals surface area (Å²) < 4.78 is 34.3. The number of carbonyl (C=O) groups excluding carboxylic acids is 1. The summed E-state index contributed by atoms with van der Waals surface area (Å²) >= 11 is 0. The number of methoxy groups -OCH3 is 1. The van der Waals surface area contributed by atoms with E-state index in [0.29, 0.717) is 5.69 Å². The third kappa shape index (κ3) is 6.34. The number of carbonyl (C=O) groups is 1. The molecule has 6 nitrogen and oxygen atoms in total. The van der Waals surface area contributed by atoms with E-state index in [-0.39, 0.29) is 29.3 Å². The van der Waals surface area contributed by atoms with Gasteiger partial charge in [-0.2, -0.15) is 0 Å². The molecule has 0 fully saturated rings. The summed E-state index contributed by atoms with van der Waals surface area (Å²) in [5, 5.41) is 3.02. The maximum Gasteiger partial charge on any atom is 0.264 e. The Morgan fingerprint density at radius 1 is 0.865 bits per heavy atom. The van der Waals surface area contributed by atoms with Crippen LogP contribution in [0.2, 0.25) is 0 Å². The SMILES string of the molecule is COc1cc(C)c([C@@H](C)NC(=O)CN(c2cc(C)ccc2C)S(=O)(=O)c2ccc(C)cc2)cc1C(C)C. The van der Waals surface area contributed by atoms with Crippen LogP contribution in [0, 0.1) is 27.7 Å². The quantitative estimate of drug-likeness (QED) is 0.367. The lowest BCUT2D eigenvalue weighted by Gasteiger charge is -2.27. The van der Waals surface area contributed by atoms with E-state index in [0.717, 1.165) is 39.1 Å². The number of rotatable bonds is 9. The zero-order valence-corrected chi connectivity index (χ0v) is 23.9. The fraction of sp³-hybridized carbons (Fsp3) is 0.367. The Labute approximate surface area is 221 Å². The van der Waals surface area contributed by atoms with E-state index < -0.39 is 10.0 Å². The summed E-state index contributed by atoms with van der Waals surface area (Å²) in [4.78, 5) is 13.5. The van der Waals surface area contributed by atoms with Crippen molar-refractivity contribution < 1.29 is 17.9 Å². The molecule has 0 heterocycles. The van der Waals surface area contributed by atoms with Crippen molar-refractivity contribution in [2.45, 2.75) is 65.3 Å². The van der Waals surface area contributed by atoms with Gasteiger partial charge in [0.05, 0.1) is 23.7 Å². The third-order valence-electron chi connectivity index (χ3n) is 6.61. The molecule has 0 bridgehead atoms. The molecule has 1 N–H and O–H groups in total. The minimum Gasteiger partial charge on any atom is -0.496 e. The Morgan fingerprint density at radius 2 is 1.49 bits per heavy atom. The van der Waals surface area contributed by atoms with Crippen LogP contribution in [0.3, 0.4) is 0 Å². The van der Waals surface area contributed by atoms with Crippen LogP contribution >= 0.6 is 0 Å². The Hall–Kier alpha value is -3.32. The Kier molecular flexibility index (Phi) is 8.69. The predicted octanol–water partition coefficient (Wildman–Crippen LogP) is 6.12. The largest absolute Gasteiger partial charge is 0.496 e. The summed E-state index contributed by atoms with van der Waals surface area (Å²) in [5.41, 5.74) is 6.15. The molecule has 7 heteroatoms. The first kappa shape index (κ1) is 28.3. The summed E-state index contributed by atoms with van der Waals surface area (Å²) in [6.45, 7) is 13.4. The van der Waals surface area contributed by atoms with Gasteiger partial charge in [-0.05, 0) is 98.7 Å². The maximum absolute atomic E-state index is 13.8.